The van der Waals surface area contributed by atoms with Gasteiger partial charge in [-0.1, -0.05) is 34.1 Å². The number of hydrogen-bond acceptors (Lipinski definition) is 21. The third kappa shape index (κ3) is 14.9. The van der Waals surface area contributed by atoms with Crippen LogP contribution < -0.4 is 41.7 Å². The van der Waals surface area contributed by atoms with Crippen molar-refractivity contribution in [3.63, 3.8) is 0 Å². The lowest BCUT2D eigenvalue weighted by atomic mass is 10.0. The zero-order valence-corrected chi connectivity index (χ0v) is 37.9. The Bertz CT molecular complexity index is 2240. The average Bonchev–Trinajstić information content (AvgIpc) is 3.33. The van der Waals surface area contributed by atoms with E-state index in [1.807, 2.05) is 30.2 Å². The predicted octanol–water partition coefficient (Wildman–Crippen LogP) is 4.40. The van der Waals surface area contributed by atoms with Crippen LogP contribution in [0.3, 0.4) is 0 Å². The highest BCUT2D eigenvalue weighted by atomic mass is 19.0. The summed E-state index contributed by atoms with van der Waals surface area (Å²) in [5.41, 5.74) is 14.3. The molecule has 4 aromatic heterocycles. The molecule has 0 bridgehead atoms. The molecule has 0 amide bonds. The number of nitro groups is 1. The minimum absolute atomic E-state index is 0. The normalized spacial score (nSPS) is 14.5. The summed E-state index contributed by atoms with van der Waals surface area (Å²) in [4.78, 5) is 70.3. The van der Waals surface area contributed by atoms with Crippen molar-refractivity contribution < 1.29 is 33.4 Å². The minimum Gasteiger partial charge on any atom is -0.465 e. The van der Waals surface area contributed by atoms with Crippen LogP contribution in [-0.2, 0) is 43.3 Å². The van der Waals surface area contributed by atoms with Crippen molar-refractivity contribution in [2.45, 2.75) is 73.4 Å². The van der Waals surface area contributed by atoms with E-state index in [0.717, 1.165) is 79.5 Å². The number of nitrogens with two attached hydrogens (primary N) is 2. The standard InChI is InChI=1S/C22H32N8O5.C21H29N7O2.CH4.FH/c1-3-5-7-25-22-26-20(23)19(30(32)33)21(27-22)29(15-18(31)35-4-2)14-16-6-8-24-17(13-16)28-9-11-34-12-10-28;1-2-3-5-24-21-25-19(22)17-12-16(29)14-28(20(17)26-21)13-15-4-6-23-18(11-15)27-7-9-30-10-8-27;;/h6,8,13H,3-5,7,9-12,14-15H2,1-2H3,(H3,23,25,26,27);4,6,11H,2-3,5,7-10,12-14H2,1H3,(H3,22,24,25,26);1H4;1H/i/hD. The Morgan fingerprint density at radius 1 is 0.881 bits per heavy atom. The summed E-state index contributed by atoms with van der Waals surface area (Å²) >= 11 is 0. The summed E-state index contributed by atoms with van der Waals surface area (Å²) < 4.78 is 29.0. The molecule has 0 atom stereocenters. The summed E-state index contributed by atoms with van der Waals surface area (Å²) in [5, 5.41) is 18.2. The Balaban J connectivity index is 0.000000285. The van der Waals surface area contributed by atoms with Crippen LogP contribution in [0.4, 0.5) is 57.2 Å². The smallest absolute Gasteiger partial charge is 0.353 e. The number of morpholine rings is 2. The third-order valence-corrected chi connectivity index (χ3v) is 10.7. The molecule has 67 heavy (non-hydrogen) atoms. The van der Waals surface area contributed by atoms with Crippen molar-refractivity contribution in [1.82, 2.24) is 29.9 Å². The fourth-order valence-corrected chi connectivity index (χ4v) is 7.42. The zero-order chi connectivity index (χ0) is 48.1. The van der Waals surface area contributed by atoms with Crippen LogP contribution in [0.15, 0.2) is 36.7 Å². The molecule has 2 saturated heterocycles. The van der Waals surface area contributed by atoms with Gasteiger partial charge >= 0.3 is 11.7 Å². The first kappa shape index (κ1) is 51.2. The first-order valence-electron chi connectivity index (χ1n) is 22.6. The second-order valence-corrected chi connectivity index (χ2v) is 15.6. The molecule has 0 aromatic carbocycles. The SMILES string of the molecule is C.CCCCNc1nc(N)c([N+](=O)[O-])c(N(CC(=O)OCC)Cc2ccnc(N3CCOCC3)c2)n1.CCCCNc1nc(N)c2c(n1)N(Cc1ccnc(N3CCOCC3)c1)CC(=O)C2.[2H]F. The van der Waals surface area contributed by atoms with Crippen LogP contribution in [0.25, 0.3) is 0 Å². The number of halogens is 1. The molecule has 3 aliphatic heterocycles. The van der Waals surface area contributed by atoms with E-state index >= 15 is 0 Å². The molecule has 0 unspecified atom stereocenters. The van der Waals surface area contributed by atoms with E-state index < -0.39 is 16.6 Å². The van der Waals surface area contributed by atoms with Crippen molar-refractivity contribution in [1.29, 1.82) is 1.45 Å². The lowest BCUT2D eigenvalue weighted by molar-refractivity contribution is -0.383. The van der Waals surface area contributed by atoms with E-state index in [4.69, 9.17) is 35.4 Å². The third-order valence-electron chi connectivity index (χ3n) is 10.7. The first-order valence-corrected chi connectivity index (χ1v) is 22.2. The summed E-state index contributed by atoms with van der Waals surface area (Å²) in [6.45, 7) is 13.9. The van der Waals surface area contributed by atoms with Crippen molar-refractivity contribution in [2.24, 2.45) is 0 Å². The second-order valence-electron chi connectivity index (χ2n) is 15.6. The van der Waals surface area contributed by atoms with E-state index in [-0.39, 0.29) is 56.9 Å². The van der Waals surface area contributed by atoms with Crippen molar-refractivity contribution in [3.8, 4) is 0 Å². The first-order chi connectivity index (χ1) is 32.6. The molecule has 6 N–H and O–H groups in total. The predicted molar refractivity (Wildman–Crippen MR) is 258 cm³/mol. The number of pyridine rings is 2. The number of carbonyl (C=O) groups excluding carboxylic acids is 2. The number of nitrogen functional groups attached to an aromatic ring is 2. The van der Waals surface area contributed by atoms with Gasteiger partial charge in [0.1, 0.15) is 29.8 Å². The number of ketones is 1. The number of rotatable bonds is 19. The van der Waals surface area contributed by atoms with Crippen molar-refractivity contribution >= 4 is 64.2 Å². The molecular formula is C44H66FN15O7. The maximum absolute atomic E-state index is 12.4. The number of hydrogen-bond donors (Lipinski definition) is 4. The molecule has 7 rings (SSSR count). The molecular weight excluding hydrogens is 870 g/mol. The molecule has 0 radical (unpaired) electrons. The minimum atomic E-state index is -0.635. The fraction of sp³-hybridized carbons (Fsp3) is 0.545. The Hall–Kier alpha value is -6.75. The summed E-state index contributed by atoms with van der Waals surface area (Å²) in [7, 11) is 0. The second kappa shape index (κ2) is 26.4. The van der Waals surface area contributed by atoms with E-state index in [1.54, 1.807) is 19.2 Å². The number of Topliss-reactive ketones (excluding diaryl/α,β-unsaturated/α-hetero) is 1. The topological polar surface area (TPSA) is 271 Å². The lowest BCUT2D eigenvalue weighted by Crippen LogP contribution is -2.38. The molecule has 366 valence electrons. The number of nitrogens with zero attached hydrogens (tertiary/aromatic N) is 11. The molecule has 0 saturated carbocycles. The van der Waals surface area contributed by atoms with Crippen LogP contribution >= 0.6 is 0 Å². The Kier molecular flexibility index (Phi) is 20.2. The van der Waals surface area contributed by atoms with Gasteiger partial charge in [-0.15, -0.1) is 0 Å². The van der Waals surface area contributed by atoms with Gasteiger partial charge in [-0.3, -0.25) is 24.4 Å². The number of ether oxygens (including phenoxy) is 3. The van der Waals surface area contributed by atoms with Gasteiger partial charge in [-0.05, 0) is 55.2 Å². The average molecular weight is 937 g/mol. The summed E-state index contributed by atoms with van der Waals surface area (Å²) in [5.74, 6) is 2.73. The Labute approximate surface area is 392 Å². The Morgan fingerprint density at radius 2 is 1.43 bits per heavy atom. The van der Waals surface area contributed by atoms with Crippen LogP contribution in [0.5, 0.6) is 0 Å². The maximum Gasteiger partial charge on any atom is 0.353 e. The molecule has 3 aliphatic rings. The zero-order valence-electron chi connectivity index (χ0n) is 38.9. The molecule has 0 aliphatic carbocycles. The quantitative estimate of drug-likeness (QED) is 0.0439. The molecule has 0 spiro atoms. The molecule has 23 heteroatoms. The fourth-order valence-electron chi connectivity index (χ4n) is 7.42. The van der Waals surface area contributed by atoms with Crippen LogP contribution in [0, 0.1) is 10.1 Å². The van der Waals surface area contributed by atoms with Gasteiger partial charge in [-0.25, -0.2) is 9.97 Å². The van der Waals surface area contributed by atoms with Crippen molar-refractivity contribution in [2.75, 3.05) is 127 Å². The lowest BCUT2D eigenvalue weighted by Gasteiger charge is -2.31. The highest BCUT2D eigenvalue weighted by molar-refractivity contribution is 5.91. The number of nitrogens with one attached hydrogen (secondary N) is 2. The molecule has 22 nitrogen and oxygen atoms in total. The highest BCUT2D eigenvalue weighted by Crippen LogP contribution is 2.34. The van der Waals surface area contributed by atoms with Crippen LogP contribution in [0.2, 0.25) is 0 Å². The molecule has 4 aromatic rings. The van der Waals surface area contributed by atoms with Gasteiger partial charge in [0.15, 0.2) is 5.78 Å². The number of fused-ring (bicyclic) bond motifs is 1. The maximum atomic E-state index is 12.4. The molecule has 7 heterocycles. The monoisotopic (exact) mass is 937 g/mol. The van der Waals surface area contributed by atoms with E-state index in [0.29, 0.717) is 70.9 Å². The number of esters is 1. The van der Waals surface area contributed by atoms with E-state index in [2.05, 4.69) is 59.8 Å². The van der Waals surface area contributed by atoms with E-state index in [9.17, 15) is 19.7 Å². The Morgan fingerprint density at radius 3 is 2.00 bits per heavy atom. The molecule has 2 fully saturated rings. The van der Waals surface area contributed by atoms with E-state index in [1.165, 1.54) is 4.90 Å². The van der Waals surface area contributed by atoms with Crippen LogP contribution in [-0.4, -0.2) is 133 Å². The van der Waals surface area contributed by atoms with Gasteiger partial charge < -0.3 is 55.9 Å². The largest absolute Gasteiger partial charge is 0.465 e. The number of anilines is 8. The van der Waals surface area contributed by atoms with Gasteiger partial charge in [0.25, 0.3) is 1.45 Å². The summed E-state index contributed by atoms with van der Waals surface area (Å²) in [6.07, 6.45) is 7.70. The highest BCUT2D eigenvalue weighted by Gasteiger charge is 2.30. The van der Waals surface area contributed by atoms with Crippen molar-refractivity contribution in [3.05, 3.63) is 63.5 Å². The number of aromatic nitrogens is 6. The number of carbonyl (C=O) groups is 2. The summed E-state index contributed by atoms with van der Waals surface area (Å²) in [6, 6.07) is 7.74. The van der Waals surface area contributed by atoms with Crippen LogP contribution in [0.1, 0.15) is 70.6 Å². The van der Waals surface area contributed by atoms with Gasteiger partial charge in [0.2, 0.25) is 23.5 Å². The number of unbranched alkanes of at least 4 members (excludes halogenated alkanes) is 2. The van der Waals surface area contributed by atoms with Gasteiger partial charge in [-0.2, -0.15) is 19.9 Å². The van der Waals surface area contributed by atoms with Gasteiger partial charge in [0, 0.05) is 76.7 Å². The van der Waals surface area contributed by atoms with Gasteiger partial charge in [0.05, 0.1) is 44.5 Å².